The van der Waals surface area contributed by atoms with E-state index in [2.05, 4.69) is 4.98 Å². The second-order valence-corrected chi connectivity index (χ2v) is 3.30. The summed E-state index contributed by atoms with van der Waals surface area (Å²) in [6.07, 6.45) is 0. The van der Waals surface area contributed by atoms with Gasteiger partial charge in [-0.1, -0.05) is 6.07 Å². The SMILES string of the molecule is NCc1ccc(F)c2scnc12. The number of nitrogens with zero attached hydrogens (tertiary/aromatic N) is 1. The highest BCUT2D eigenvalue weighted by Gasteiger charge is 2.06. The Bertz CT molecular complexity index is 410. The predicted octanol–water partition coefficient (Wildman–Crippen LogP) is 1.89. The van der Waals surface area contributed by atoms with E-state index in [1.54, 1.807) is 11.6 Å². The zero-order chi connectivity index (χ0) is 8.55. The second-order valence-electron chi connectivity index (χ2n) is 2.44. The fraction of sp³-hybridized carbons (Fsp3) is 0.125. The minimum atomic E-state index is -0.218. The lowest BCUT2D eigenvalue weighted by Gasteiger charge is -1.97. The van der Waals surface area contributed by atoms with Crippen molar-refractivity contribution in [2.24, 2.45) is 5.73 Å². The van der Waals surface area contributed by atoms with Crippen molar-refractivity contribution in [1.82, 2.24) is 4.98 Å². The maximum atomic E-state index is 13.1. The summed E-state index contributed by atoms with van der Waals surface area (Å²) in [5.41, 5.74) is 8.69. The van der Waals surface area contributed by atoms with Crippen LogP contribution in [0.15, 0.2) is 17.6 Å². The zero-order valence-corrected chi connectivity index (χ0v) is 7.07. The molecule has 2 N–H and O–H groups in total. The molecule has 0 spiro atoms. The molecule has 0 bridgehead atoms. The van der Waals surface area contributed by atoms with E-state index < -0.39 is 0 Å². The predicted molar refractivity (Wildman–Crippen MR) is 47.5 cm³/mol. The van der Waals surface area contributed by atoms with Crippen LogP contribution in [0.25, 0.3) is 10.2 Å². The number of rotatable bonds is 1. The topological polar surface area (TPSA) is 38.9 Å². The van der Waals surface area contributed by atoms with E-state index in [9.17, 15) is 4.39 Å². The van der Waals surface area contributed by atoms with Gasteiger partial charge in [-0.3, -0.25) is 0 Å². The normalized spacial score (nSPS) is 10.8. The molecular weight excluding hydrogens is 175 g/mol. The van der Waals surface area contributed by atoms with Gasteiger partial charge in [-0.25, -0.2) is 9.37 Å². The monoisotopic (exact) mass is 182 g/mol. The molecule has 2 nitrogen and oxygen atoms in total. The fourth-order valence-corrected chi connectivity index (χ4v) is 1.88. The first-order valence-electron chi connectivity index (χ1n) is 3.53. The van der Waals surface area contributed by atoms with Crippen molar-refractivity contribution in [1.29, 1.82) is 0 Å². The van der Waals surface area contributed by atoms with Gasteiger partial charge in [0.1, 0.15) is 5.82 Å². The van der Waals surface area contributed by atoms with Crippen molar-refractivity contribution >= 4 is 21.6 Å². The first-order valence-corrected chi connectivity index (χ1v) is 4.41. The summed E-state index contributed by atoms with van der Waals surface area (Å²) in [5, 5.41) is 0. The Morgan fingerprint density at radius 1 is 1.50 bits per heavy atom. The molecular formula is C8H7FN2S. The number of nitrogens with two attached hydrogens (primary N) is 1. The van der Waals surface area contributed by atoms with Crippen LogP contribution in [0, 0.1) is 5.82 Å². The van der Waals surface area contributed by atoms with Crippen LogP contribution in [0.2, 0.25) is 0 Å². The molecule has 2 rings (SSSR count). The Morgan fingerprint density at radius 2 is 2.33 bits per heavy atom. The van der Waals surface area contributed by atoms with Crippen molar-refractivity contribution < 1.29 is 4.39 Å². The number of thiazole rings is 1. The molecule has 4 heteroatoms. The van der Waals surface area contributed by atoms with E-state index in [1.165, 1.54) is 17.4 Å². The summed E-state index contributed by atoms with van der Waals surface area (Å²) in [6, 6.07) is 3.11. The highest BCUT2D eigenvalue weighted by Crippen LogP contribution is 2.23. The molecule has 0 amide bonds. The van der Waals surface area contributed by atoms with Gasteiger partial charge in [0.05, 0.1) is 15.7 Å². The molecule has 0 atom stereocenters. The van der Waals surface area contributed by atoms with Crippen LogP contribution in [0.3, 0.4) is 0 Å². The fourth-order valence-electron chi connectivity index (χ4n) is 1.14. The molecule has 0 radical (unpaired) electrons. The van der Waals surface area contributed by atoms with E-state index >= 15 is 0 Å². The Morgan fingerprint density at radius 3 is 3.08 bits per heavy atom. The second kappa shape index (κ2) is 2.80. The van der Waals surface area contributed by atoms with Crippen LogP contribution in [0.1, 0.15) is 5.56 Å². The van der Waals surface area contributed by atoms with Crippen LogP contribution in [-0.4, -0.2) is 4.98 Å². The quantitative estimate of drug-likeness (QED) is 0.731. The molecule has 0 saturated heterocycles. The lowest BCUT2D eigenvalue weighted by atomic mass is 10.2. The van der Waals surface area contributed by atoms with Gasteiger partial charge >= 0.3 is 0 Å². The summed E-state index contributed by atoms with van der Waals surface area (Å²) in [5.74, 6) is -0.218. The molecule has 1 aromatic heterocycles. The Hall–Kier alpha value is -1.00. The number of fused-ring (bicyclic) bond motifs is 1. The molecule has 0 aliphatic heterocycles. The van der Waals surface area contributed by atoms with Crippen molar-refractivity contribution in [3.8, 4) is 0 Å². The van der Waals surface area contributed by atoms with Gasteiger partial charge in [-0.2, -0.15) is 0 Å². The molecule has 62 valence electrons. The van der Waals surface area contributed by atoms with E-state index in [0.717, 1.165) is 5.56 Å². The molecule has 0 fully saturated rings. The summed E-state index contributed by atoms with van der Waals surface area (Å²) >= 11 is 1.30. The van der Waals surface area contributed by atoms with Gasteiger partial charge in [-0.15, -0.1) is 11.3 Å². The van der Waals surface area contributed by atoms with Crippen LogP contribution in [0.4, 0.5) is 4.39 Å². The van der Waals surface area contributed by atoms with E-state index in [4.69, 9.17) is 5.73 Å². The first kappa shape index (κ1) is 7.64. The Balaban J connectivity index is 2.82. The van der Waals surface area contributed by atoms with Gasteiger partial charge in [0.2, 0.25) is 0 Å². The lowest BCUT2D eigenvalue weighted by molar-refractivity contribution is 0.641. The molecule has 0 aliphatic carbocycles. The molecule has 12 heavy (non-hydrogen) atoms. The van der Waals surface area contributed by atoms with Crippen LogP contribution >= 0.6 is 11.3 Å². The van der Waals surface area contributed by atoms with E-state index in [-0.39, 0.29) is 5.82 Å². The third-order valence-corrected chi connectivity index (χ3v) is 2.57. The maximum Gasteiger partial charge on any atom is 0.142 e. The smallest absolute Gasteiger partial charge is 0.142 e. The summed E-state index contributed by atoms with van der Waals surface area (Å²) in [6.45, 7) is 0.403. The minimum absolute atomic E-state index is 0.218. The molecule has 0 unspecified atom stereocenters. The number of aromatic nitrogens is 1. The van der Waals surface area contributed by atoms with E-state index in [1.807, 2.05) is 0 Å². The first-order chi connectivity index (χ1) is 5.83. The van der Waals surface area contributed by atoms with Gasteiger partial charge in [0.25, 0.3) is 0 Å². The summed E-state index contributed by atoms with van der Waals surface area (Å²) < 4.78 is 13.7. The van der Waals surface area contributed by atoms with Gasteiger partial charge < -0.3 is 5.73 Å². The van der Waals surface area contributed by atoms with Crippen LogP contribution in [0.5, 0.6) is 0 Å². The molecule has 2 aromatic rings. The number of hydrogen-bond acceptors (Lipinski definition) is 3. The Labute approximate surface area is 72.8 Å². The van der Waals surface area contributed by atoms with Crippen molar-refractivity contribution in [3.63, 3.8) is 0 Å². The average Bonchev–Trinajstić information content (AvgIpc) is 2.54. The van der Waals surface area contributed by atoms with Crippen molar-refractivity contribution in [2.75, 3.05) is 0 Å². The van der Waals surface area contributed by atoms with Gasteiger partial charge in [0.15, 0.2) is 0 Å². The Kier molecular flexibility index (Phi) is 1.78. The minimum Gasteiger partial charge on any atom is -0.326 e. The van der Waals surface area contributed by atoms with Crippen LogP contribution < -0.4 is 5.73 Å². The van der Waals surface area contributed by atoms with Crippen molar-refractivity contribution in [2.45, 2.75) is 6.54 Å². The largest absolute Gasteiger partial charge is 0.326 e. The summed E-state index contributed by atoms with van der Waals surface area (Å²) in [4.78, 5) is 4.05. The molecule has 0 saturated carbocycles. The highest BCUT2D eigenvalue weighted by atomic mass is 32.1. The maximum absolute atomic E-state index is 13.1. The van der Waals surface area contributed by atoms with Crippen LogP contribution in [-0.2, 0) is 6.54 Å². The standard InChI is InChI=1S/C8H7FN2S/c9-6-2-1-5(3-10)7-8(6)12-4-11-7/h1-2,4H,3,10H2. The number of halogens is 1. The third kappa shape index (κ3) is 1.00. The van der Waals surface area contributed by atoms with Gasteiger partial charge in [-0.05, 0) is 11.6 Å². The van der Waals surface area contributed by atoms with E-state index in [0.29, 0.717) is 16.8 Å². The number of benzene rings is 1. The summed E-state index contributed by atoms with van der Waals surface area (Å²) in [7, 11) is 0. The molecule has 1 aromatic carbocycles. The molecule has 0 aliphatic rings. The highest BCUT2D eigenvalue weighted by molar-refractivity contribution is 7.16. The average molecular weight is 182 g/mol. The number of hydrogen-bond donors (Lipinski definition) is 1. The third-order valence-electron chi connectivity index (χ3n) is 1.74. The lowest BCUT2D eigenvalue weighted by Crippen LogP contribution is -1.97. The van der Waals surface area contributed by atoms with Crippen molar-refractivity contribution in [3.05, 3.63) is 29.0 Å². The van der Waals surface area contributed by atoms with Gasteiger partial charge in [0, 0.05) is 6.54 Å². The molecule has 1 heterocycles. The zero-order valence-electron chi connectivity index (χ0n) is 6.25.